The first-order valence-electron chi connectivity index (χ1n) is 9.24. The van der Waals surface area contributed by atoms with Gasteiger partial charge in [0.05, 0.1) is 17.1 Å². The fraction of sp³-hybridized carbons (Fsp3) is 0.0952. The molecule has 0 aliphatic carbocycles. The largest absolute Gasteiger partial charge is 0.345 e. The Morgan fingerprint density at radius 3 is 2.42 bits per heavy atom. The zero-order valence-corrected chi connectivity index (χ0v) is 17.5. The highest BCUT2D eigenvalue weighted by Crippen LogP contribution is 2.23. The second-order valence-electron chi connectivity index (χ2n) is 6.83. The van der Waals surface area contributed by atoms with Gasteiger partial charge in [-0.05, 0) is 49.4 Å². The van der Waals surface area contributed by atoms with Gasteiger partial charge in [-0.3, -0.25) is 4.79 Å². The molecular formula is C21H18FN5O3S. The zero-order valence-electron chi connectivity index (χ0n) is 16.7. The molecule has 1 N–H and O–H groups in total. The molecule has 4 rings (SSSR count). The number of nitrogens with one attached hydrogen (secondary N) is 1. The summed E-state index contributed by atoms with van der Waals surface area (Å²) >= 11 is 0. The van der Waals surface area contributed by atoms with Crippen molar-refractivity contribution in [3.63, 3.8) is 0 Å². The number of benzene rings is 2. The summed E-state index contributed by atoms with van der Waals surface area (Å²) in [6, 6.07) is 16.1. The first-order valence-corrected chi connectivity index (χ1v) is 10.6. The number of para-hydroxylation sites is 1. The summed E-state index contributed by atoms with van der Waals surface area (Å²) in [5, 5.41) is 7.11. The molecule has 0 atom stereocenters. The first-order chi connectivity index (χ1) is 14.7. The lowest BCUT2D eigenvalue weighted by Crippen LogP contribution is -2.36. The van der Waals surface area contributed by atoms with E-state index in [4.69, 9.17) is 0 Å². The average molecular weight is 439 g/mol. The number of hydrogen-bond acceptors (Lipinski definition) is 4. The first kappa shape index (κ1) is 20.5. The summed E-state index contributed by atoms with van der Waals surface area (Å²) in [5.74, 6) is -0.740. The predicted molar refractivity (Wildman–Crippen MR) is 115 cm³/mol. The molecule has 158 valence electrons. The number of aromatic nitrogens is 2. The summed E-state index contributed by atoms with van der Waals surface area (Å²) in [6.45, 7) is 1.78. The van der Waals surface area contributed by atoms with Gasteiger partial charge >= 0.3 is 10.2 Å². The summed E-state index contributed by atoms with van der Waals surface area (Å²) in [4.78, 5) is 13.0. The highest BCUT2D eigenvalue weighted by atomic mass is 32.2. The maximum Gasteiger partial charge on any atom is 0.345 e. The summed E-state index contributed by atoms with van der Waals surface area (Å²) in [5.41, 5.74) is 1.68. The Kier molecular flexibility index (Phi) is 5.15. The Hall–Kier alpha value is -3.79. The molecule has 8 nitrogen and oxygen atoms in total. The number of carbonyl (C=O) groups excluding carboxylic acids is 1. The van der Waals surface area contributed by atoms with Crippen LogP contribution in [-0.4, -0.2) is 41.2 Å². The number of nitrogens with zero attached hydrogens (tertiary/aromatic N) is 4. The molecule has 31 heavy (non-hydrogen) atoms. The van der Waals surface area contributed by atoms with Gasteiger partial charge in [-0.1, -0.05) is 18.2 Å². The minimum absolute atomic E-state index is 0.0380. The van der Waals surface area contributed by atoms with Crippen molar-refractivity contribution < 1.29 is 17.6 Å². The summed E-state index contributed by atoms with van der Waals surface area (Å²) in [6.07, 6.45) is 1.35. The summed E-state index contributed by atoms with van der Waals surface area (Å²) in [7, 11) is -2.89. The van der Waals surface area contributed by atoms with Crippen LogP contribution in [0.4, 0.5) is 10.2 Å². The van der Waals surface area contributed by atoms with Gasteiger partial charge in [-0.15, -0.1) is 4.40 Å². The van der Waals surface area contributed by atoms with Gasteiger partial charge in [0.1, 0.15) is 17.3 Å². The van der Waals surface area contributed by atoms with Crippen LogP contribution >= 0.6 is 0 Å². The number of halogens is 1. The number of rotatable bonds is 4. The Bertz CT molecular complexity index is 1310. The molecule has 1 amide bonds. The topological polar surface area (TPSA) is 96.7 Å². The van der Waals surface area contributed by atoms with E-state index < -0.39 is 21.9 Å². The molecule has 0 saturated carbocycles. The van der Waals surface area contributed by atoms with Gasteiger partial charge in [-0.25, -0.2) is 13.4 Å². The van der Waals surface area contributed by atoms with Gasteiger partial charge in [0.25, 0.3) is 5.91 Å². The molecule has 0 bridgehead atoms. The summed E-state index contributed by atoms with van der Waals surface area (Å²) < 4.78 is 44.4. The van der Waals surface area contributed by atoms with Crippen molar-refractivity contribution in [1.82, 2.24) is 14.1 Å². The van der Waals surface area contributed by atoms with E-state index in [-0.39, 0.29) is 11.4 Å². The van der Waals surface area contributed by atoms with Crippen LogP contribution in [0.2, 0.25) is 0 Å². The van der Waals surface area contributed by atoms with Gasteiger partial charge in [0, 0.05) is 18.7 Å². The molecule has 2 aromatic carbocycles. The lowest BCUT2D eigenvalue weighted by molar-refractivity contribution is -0.113. The van der Waals surface area contributed by atoms with Gasteiger partial charge < -0.3 is 5.32 Å². The second kappa shape index (κ2) is 7.80. The number of amides is 1. The van der Waals surface area contributed by atoms with Crippen LogP contribution in [0.25, 0.3) is 5.69 Å². The van der Waals surface area contributed by atoms with E-state index in [1.165, 1.54) is 37.4 Å². The average Bonchev–Trinajstić information content (AvgIpc) is 3.11. The van der Waals surface area contributed by atoms with Crippen LogP contribution in [-0.2, 0) is 15.0 Å². The number of likely N-dealkylation sites (N-methyl/N-ethyl adjacent to an activating group) is 1. The van der Waals surface area contributed by atoms with Crippen molar-refractivity contribution >= 4 is 27.6 Å². The molecule has 1 aromatic heterocycles. The van der Waals surface area contributed by atoms with E-state index in [9.17, 15) is 17.6 Å². The van der Waals surface area contributed by atoms with Crippen molar-refractivity contribution in [2.24, 2.45) is 4.40 Å². The van der Waals surface area contributed by atoms with E-state index in [2.05, 4.69) is 14.8 Å². The van der Waals surface area contributed by atoms with E-state index in [0.717, 1.165) is 9.99 Å². The molecule has 1 aliphatic heterocycles. The molecule has 0 fully saturated rings. The van der Waals surface area contributed by atoms with Crippen LogP contribution < -0.4 is 5.32 Å². The molecule has 10 heteroatoms. The van der Waals surface area contributed by atoms with E-state index in [0.29, 0.717) is 17.1 Å². The van der Waals surface area contributed by atoms with Gasteiger partial charge in [-0.2, -0.15) is 13.5 Å². The standard InChI is InChI=1S/C21H18FN5O3S/c1-14-12-20(27(24-14)17-6-4-3-5-7-17)23-21(28)19-13-18(25-31(29,30)26(19)2)15-8-10-16(22)11-9-15/h3-13H,1-2H3,(H,23,28). The highest BCUT2D eigenvalue weighted by Gasteiger charge is 2.30. The van der Waals surface area contributed by atoms with E-state index in [1.54, 1.807) is 17.7 Å². The minimum atomic E-state index is -4.14. The molecule has 1 aliphatic rings. The number of aryl methyl sites for hydroxylation is 1. The third-order valence-corrected chi connectivity index (χ3v) is 5.94. The van der Waals surface area contributed by atoms with Crippen LogP contribution in [0.5, 0.6) is 0 Å². The SMILES string of the molecule is Cc1cc(NC(=O)C2=CC(c3ccc(F)cc3)=NS(=O)(=O)N2C)n(-c2ccccc2)n1. The quantitative estimate of drug-likeness (QED) is 0.676. The molecular weight excluding hydrogens is 421 g/mol. The Morgan fingerprint density at radius 1 is 1.06 bits per heavy atom. The molecule has 0 spiro atoms. The number of anilines is 1. The molecule has 0 unspecified atom stereocenters. The number of carbonyl (C=O) groups is 1. The number of hydrogen-bond donors (Lipinski definition) is 1. The van der Waals surface area contributed by atoms with Crippen LogP contribution in [0.3, 0.4) is 0 Å². The Balaban J connectivity index is 1.70. The maximum atomic E-state index is 13.2. The second-order valence-corrected chi connectivity index (χ2v) is 8.46. The predicted octanol–water partition coefficient (Wildman–Crippen LogP) is 2.82. The smallest absolute Gasteiger partial charge is 0.305 e. The van der Waals surface area contributed by atoms with E-state index in [1.807, 2.05) is 30.3 Å². The van der Waals surface area contributed by atoms with Crippen LogP contribution in [0.15, 0.2) is 76.8 Å². The Morgan fingerprint density at radius 2 is 1.74 bits per heavy atom. The van der Waals surface area contributed by atoms with Crippen molar-refractivity contribution in [2.45, 2.75) is 6.92 Å². The van der Waals surface area contributed by atoms with Crippen LogP contribution in [0, 0.1) is 12.7 Å². The minimum Gasteiger partial charge on any atom is -0.305 e. The fourth-order valence-electron chi connectivity index (χ4n) is 3.06. The normalized spacial score (nSPS) is 15.3. The van der Waals surface area contributed by atoms with Gasteiger partial charge in [0.2, 0.25) is 0 Å². The van der Waals surface area contributed by atoms with Crippen molar-refractivity contribution in [2.75, 3.05) is 12.4 Å². The molecule has 0 saturated heterocycles. The zero-order chi connectivity index (χ0) is 22.2. The Labute approximate surface area is 178 Å². The van der Waals surface area contributed by atoms with Crippen molar-refractivity contribution in [3.05, 3.63) is 89.5 Å². The fourth-order valence-corrected chi connectivity index (χ4v) is 3.97. The lowest BCUT2D eigenvalue weighted by atomic mass is 10.1. The van der Waals surface area contributed by atoms with E-state index >= 15 is 0 Å². The van der Waals surface area contributed by atoms with Crippen molar-refractivity contribution in [1.29, 1.82) is 0 Å². The van der Waals surface area contributed by atoms with Crippen LogP contribution in [0.1, 0.15) is 11.3 Å². The maximum absolute atomic E-state index is 13.2. The molecule has 2 heterocycles. The lowest BCUT2D eigenvalue weighted by Gasteiger charge is -2.23. The van der Waals surface area contributed by atoms with Gasteiger partial charge in [0.15, 0.2) is 0 Å². The highest BCUT2D eigenvalue weighted by molar-refractivity contribution is 7.88. The number of allylic oxidation sites excluding steroid dienone is 1. The third-order valence-electron chi connectivity index (χ3n) is 4.62. The van der Waals surface area contributed by atoms with Crippen molar-refractivity contribution in [3.8, 4) is 5.69 Å². The monoisotopic (exact) mass is 439 g/mol. The molecule has 3 aromatic rings. The molecule has 0 radical (unpaired) electrons. The third kappa shape index (κ3) is 4.10.